The van der Waals surface area contributed by atoms with Crippen molar-refractivity contribution < 1.29 is 0 Å². The van der Waals surface area contributed by atoms with Crippen LogP contribution in [0.15, 0.2) is 12.8 Å². The quantitative estimate of drug-likeness (QED) is 0.723. The number of anilines is 1. The van der Waals surface area contributed by atoms with Gasteiger partial charge in [0.15, 0.2) is 0 Å². The maximum Gasteiger partial charge on any atom is 0.149 e. The molecule has 0 atom stereocenters. The molecule has 0 radical (unpaired) electrons. The van der Waals surface area contributed by atoms with Crippen molar-refractivity contribution in [1.82, 2.24) is 9.97 Å². The van der Waals surface area contributed by atoms with Gasteiger partial charge >= 0.3 is 0 Å². The molecule has 0 spiro atoms. The first kappa shape index (κ1) is 8.71. The van der Waals surface area contributed by atoms with Crippen molar-refractivity contribution in [1.29, 1.82) is 0 Å². The van der Waals surface area contributed by atoms with E-state index in [4.69, 9.17) is 5.73 Å². The summed E-state index contributed by atoms with van der Waals surface area (Å²) in [7, 11) is 0. The van der Waals surface area contributed by atoms with Crippen LogP contribution in [0.3, 0.4) is 0 Å². The molecule has 0 unspecified atom stereocenters. The van der Waals surface area contributed by atoms with E-state index in [1.54, 1.807) is 12.3 Å². The summed E-state index contributed by atoms with van der Waals surface area (Å²) in [5.41, 5.74) is 7.19. The second-order valence-electron chi connectivity index (χ2n) is 2.92. The second kappa shape index (κ2) is 3.34. The first-order chi connectivity index (χ1) is 5.65. The molecule has 0 aliphatic heterocycles. The van der Waals surface area contributed by atoms with Gasteiger partial charge in [-0.25, -0.2) is 4.98 Å². The molecule has 64 valence electrons. The van der Waals surface area contributed by atoms with Crippen molar-refractivity contribution in [3.63, 3.8) is 0 Å². The molecule has 0 amide bonds. The predicted octanol–water partition coefficient (Wildman–Crippen LogP) is 1.83. The SMILES string of the molecule is C=Cc1ncc(C(C)C)nc1N. The Balaban J connectivity index is 3.10. The third kappa shape index (κ3) is 1.61. The van der Waals surface area contributed by atoms with Crippen LogP contribution in [0.25, 0.3) is 6.08 Å². The molecular formula is C9H13N3. The lowest BCUT2D eigenvalue weighted by molar-refractivity contribution is 0.813. The Morgan fingerprint density at radius 3 is 2.67 bits per heavy atom. The molecule has 0 saturated heterocycles. The molecule has 1 aromatic rings. The number of aromatic nitrogens is 2. The van der Waals surface area contributed by atoms with E-state index in [0.717, 1.165) is 5.69 Å². The zero-order valence-corrected chi connectivity index (χ0v) is 7.41. The van der Waals surface area contributed by atoms with Crippen LogP contribution in [0.2, 0.25) is 0 Å². The smallest absolute Gasteiger partial charge is 0.149 e. The summed E-state index contributed by atoms with van der Waals surface area (Å²) >= 11 is 0. The van der Waals surface area contributed by atoms with Gasteiger partial charge in [-0.1, -0.05) is 20.4 Å². The standard InChI is InChI=1S/C9H13N3/c1-4-7-9(10)12-8(5-11-7)6(2)3/h4-6H,1H2,2-3H3,(H2,10,12). The van der Waals surface area contributed by atoms with Gasteiger partial charge in [-0.3, -0.25) is 4.98 Å². The van der Waals surface area contributed by atoms with E-state index in [9.17, 15) is 0 Å². The summed E-state index contributed by atoms with van der Waals surface area (Å²) in [6.45, 7) is 7.69. The van der Waals surface area contributed by atoms with Gasteiger partial charge in [0.2, 0.25) is 0 Å². The monoisotopic (exact) mass is 163 g/mol. The Morgan fingerprint density at radius 2 is 2.25 bits per heavy atom. The fraction of sp³-hybridized carbons (Fsp3) is 0.333. The van der Waals surface area contributed by atoms with Crippen molar-refractivity contribution >= 4 is 11.9 Å². The van der Waals surface area contributed by atoms with E-state index in [1.807, 2.05) is 0 Å². The van der Waals surface area contributed by atoms with Gasteiger partial charge in [-0.15, -0.1) is 0 Å². The lowest BCUT2D eigenvalue weighted by Crippen LogP contribution is -2.01. The molecule has 12 heavy (non-hydrogen) atoms. The second-order valence-corrected chi connectivity index (χ2v) is 2.92. The molecule has 0 aliphatic rings. The highest BCUT2D eigenvalue weighted by molar-refractivity contribution is 5.55. The van der Waals surface area contributed by atoms with Gasteiger partial charge in [-0.05, 0) is 12.0 Å². The lowest BCUT2D eigenvalue weighted by atomic mass is 10.1. The van der Waals surface area contributed by atoms with E-state index in [0.29, 0.717) is 17.4 Å². The number of rotatable bonds is 2. The summed E-state index contributed by atoms with van der Waals surface area (Å²) in [5.74, 6) is 0.815. The minimum atomic E-state index is 0.360. The molecule has 1 heterocycles. The number of nitrogens with zero attached hydrogens (tertiary/aromatic N) is 2. The Bertz CT molecular complexity index is 292. The molecular weight excluding hydrogens is 150 g/mol. The van der Waals surface area contributed by atoms with E-state index >= 15 is 0 Å². The van der Waals surface area contributed by atoms with Gasteiger partial charge in [0.05, 0.1) is 5.69 Å². The highest BCUT2D eigenvalue weighted by Crippen LogP contribution is 2.14. The normalized spacial score (nSPS) is 10.2. The molecule has 1 rings (SSSR count). The lowest BCUT2D eigenvalue weighted by Gasteiger charge is -2.05. The van der Waals surface area contributed by atoms with Crippen molar-refractivity contribution in [3.8, 4) is 0 Å². The average molecular weight is 163 g/mol. The first-order valence-electron chi connectivity index (χ1n) is 3.90. The van der Waals surface area contributed by atoms with Crippen LogP contribution in [0.5, 0.6) is 0 Å². The van der Waals surface area contributed by atoms with Crippen LogP contribution in [0.1, 0.15) is 31.2 Å². The van der Waals surface area contributed by atoms with Crippen LogP contribution in [0, 0.1) is 0 Å². The van der Waals surface area contributed by atoms with Crippen LogP contribution >= 0.6 is 0 Å². The van der Waals surface area contributed by atoms with Crippen molar-refractivity contribution in [2.45, 2.75) is 19.8 Å². The molecule has 3 heteroatoms. The maximum absolute atomic E-state index is 5.62. The molecule has 0 aliphatic carbocycles. The van der Waals surface area contributed by atoms with Crippen LogP contribution in [-0.4, -0.2) is 9.97 Å². The van der Waals surface area contributed by atoms with Crippen molar-refractivity contribution in [2.75, 3.05) is 5.73 Å². The van der Waals surface area contributed by atoms with Crippen molar-refractivity contribution in [2.24, 2.45) is 0 Å². The largest absolute Gasteiger partial charge is 0.382 e. The third-order valence-electron chi connectivity index (χ3n) is 1.63. The minimum absolute atomic E-state index is 0.360. The Hall–Kier alpha value is -1.38. The van der Waals surface area contributed by atoms with Crippen molar-refractivity contribution in [3.05, 3.63) is 24.2 Å². The van der Waals surface area contributed by atoms with E-state index in [1.165, 1.54) is 0 Å². The number of nitrogens with two attached hydrogens (primary N) is 1. The fourth-order valence-electron chi connectivity index (χ4n) is 0.862. The third-order valence-corrected chi connectivity index (χ3v) is 1.63. The predicted molar refractivity (Wildman–Crippen MR) is 50.6 cm³/mol. The first-order valence-corrected chi connectivity index (χ1v) is 3.90. The maximum atomic E-state index is 5.62. The molecule has 0 fully saturated rings. The summed E-state index contributed by atoms with van der Waals surface area (Å²) in [6.07, 6.45) is 3.34. The summed E-state index contributed by atoms with van der Waals surface area (Å²) < 4.78 is 0. The van der Waals surface area contributed by atoms with Gasteiger partial charge in [0.25, 0.3) is 0 Å². The summed E-state index contributed by atoms with van der Waals surface area (Å²) in [4.78, 5) is 8.30. The number of hydrogen-bond donors (Lipinski definition) is 1. The molecule has 0 aromatic carbocycles. The van der Waals surface area contributed by atoms with Gasteiger partial charge < -0.3 is 5.73 Å². The number of hydrogen-bond acceptors (Lipinski definition) is 3. The molecule has 0 saturated carbocycles. The van der Waals surface area contributed by atoms with Crippen LogP contribution in [0.4, 0.5) is 5.82 Å². The van der Waals surface area contributed by atoms with E-state index in [2.05, 4.69) is 30.4 Å². The highest BCUT2D eigenvalue weighted by Gasteiger charge is 2.03. The van der Waals surface area contributed by atoms with E-state index in [-0.39, 0.29) is 0 Å². The Kier molecular flexibility index (Phi) is 2.43. The topological polar surface area (TPSA) is 51.8 Å². The highest BCUT2D eigenvalue weighted by atomic mass is 14.9. The Labute approximate surface area is 72.3 Å². The molecule has 1 aromatic heterocycles. The minimum Gasteiger partial charge on any atom is -0.382 e. The zero-order valence-electron chi connectivity index (χ0n) is 7.41. The van der Waals surface area contributed by atoms with Gasteiger partial charge in [0.1, 0.15) is 11.5 Å². The van der Waals surface area contributed by atoms with E-state index < -0.39 is 0 Å². The average Bonchev–Trinajstić information content (AvgIpc) is 2.04. The summed E-state index contributed by atoms with van der Waals surface area (Å²) in [5, 5.41) is 0. The van der Waals surface area contributed by atoms with Gasteiger partial charge in [-0.2, -0.15) is 0 Å². The Morgan fingerprint density at radius 1 is 1.58 bits per heavy atom. The molecule has 3 nitrogen and oxygen atoms in total. The fourth-order valence-corrected chi connectivity index (χ4v) is 0.862. The summed E-state index contributed by atoms with van der Waals surface area (Å²) in [6, 6.07) is 0. The van der Waals surface area contributed by atoms with Crippen LogP contribution < -0.4 is 5.73 Å². The molecule has 0 bridgehead atoms. The number of nitrogen functional groups attached to an aromatic ring is 1. The molecule has 2 N–H and O–H groups in total. The van der Waals surface area contributed by atoms with Gasteiger partial charge in [0, 0.05) is 6.20 Å². The van der Waals surface area contributed by atoms with Crippen LogP contribution in [-0.2, 0) is 0 Å². The zero-order chi connectivity index (χ0) is 9.14.